The van der Waals surface area contributed by atoms with Crippen LogP contribution in [0.1, 0.15) is 12.5 Å². The number of rotatable bonds is 5. The number of ether oxygens (including phenoxy) is 2. The molecule has 0 bridgehead atoms. The predicted molar refractivity (Wildman–Crippen MR) is 95.4 cm³/mol. The first-order valence-corrected chi connectivity index (χ1v) is 8.26. The van der Waals surface area contributed by atoms with Crippen LogP contribution in [-0.4, -0.2) is 25.7 Å². The molecule has 0 saturated heterocycles. The number of aryl methyl sites for hydroxylation is 1. The van der Waals surface area contributed by atoms with E-state index in [-0.39, 0.29) is 12.5 Å². The minimum Gasteiger partial charge on any atom is -0.486 e. The first kappa shape index (κ1) is 16.5. The van der Waals surface area contributed by atoms with Gasteiger partial charge in [-0.15, -0.1) is 0 Å². The summed E-state index contributed by atoms with van der Waals surface area (Å²) in [5.41, 5.74) is 2.57. The number of fused-ring (bicyclic) bond motifs is 1. The van der Waals surface area contributed by atoms with Crippen LogP contribution >= 0.6 is 11.6 Å². The molecule has 0 aliphatic carbocycles. The third-order valence-corrected chi connectivity index (χ3v) is 4.06. The molecule has 0 unspecified atom stereocenters. The fourth-order valence-electron chi connectivity index (χ4n) is 2.52. The van der Waals surface area contributed by atoms with Gasteiger partial charge in [-0.3, -0.25) is 4.79 Å². The molecule has 5 nitrogen and oxygen atoms in total. The van der Waals surface area contributed by atoms with E-state index >= 15 is 0 Å². The quantitative estimate of drug-likeness (QED) is 0.866. The number of hydrogen-bond acceptors (Lipinski definition) is 4. The lowest BCUT2D eigenvalue weighted by molar-refractivity contribution is -0.114. The van der Waals surface area contributed by atoms with E-state index in [1.165, 1.54) is 0 Å². The molecule has 2 aromatic rings. The van der Waals surface area contributed by atoms with Crippen molar-refractivity contribution >= 4 is 28.9 Å². The van der Waals surface area contributed by atoms with E-state index in [2.05, 4.69) is 17.6 Å². The van der Waals surface area contributed by atoms with Crippen molar-refractivity contribution in [1.29, 1.82) is 0 Å². The smallest absolute Gasteiger partial charge is 0.243 e. The number of hydrogen-bond donors (Lipinski definition) is 2. The van der Waals surface area contributed by atoms with Crippen molar-refractivity contribution in [2.24, 2.45) is 0 Å². The third-order valence-electron chi connectivity index (χ3n) is 3.74. The average Bonchev–Trinajstić information content (AvgIpc) is 2.60. The molecule has 6 heteroatoms. The zero-order valence-corrected chi connectivity index (χ0v) is 14.2. The van der Waals surface area contributed by atoms with Gasteiger partial charge in [0.1, 0.15) is 13.2 Å². The second-order valence-corrected chi connectivity index (χ2v) is 5.80. The van der Waals surface area contributed by atoms with Crippen molar-refractivity contribution in [3.8, 4) is 11.5 Å². The van der Waals surface area contributed by atoms with Gasteiger partial charge in [0.15, 0.2) is 11.5 Å². The maximum absolute atomic E-state index is 12.2. The molecular formula is C18H19ClN2O3. The van der Waals surface area contributed by atoms with E-state index in [1.807, 2.05) is 24.3 Å². The Kier molecular flexibility index (Phi) is 5.11. The lowest BCUT2D eigenvalue weighted by Gasteiger charge is -2.20. The van der Waals surface area contributed by atoms with E-state index in [4.69, 9.17) is 21.1 Å². The Hall–Kier alpha value is -2.40. The number of benzene rings is 2. The summed E-state index contributed by atoms with van der Waals surface area (Å²) in [6.45, 7) is 3.17. The minimum absolute atomic E-state index is 0.109. The Morgan fingerprint density at radius 1 is 1.12 bits per heavy atom. The minimum atomic E-state index is -0.137. The summed E-state index contributed by atoms with van der Waals surface area (Å²) in [7, 11) is 0. The number of amides is 1. The monoisotopic (exact) mass is 346 g/mol. The highest BCUT2D eigenvalue weighted by Crippen LogP contribution is 2.37. The summed E-state index contributed by atoms with van der Waals surface area (Å²) in [6.07, 6.45) is 0.859. The Morgan fingerprint density at radius 3 is 2.58 bits per heavy atom. The zero-order chi connectivity index (χ0) is 16.9. The molecule has 0 aromatic heterocycles. The molecule has 24 heavy (non-hydrogen) atoms. The topological polar surface area (TPSA) is 59.6 Å². The van der Waals surface area contributed by atoms with Crippen LogP contribution in [0.25, 0.3) is 0 Å². The summed E-state index contributed by atoms with van der Waals surface area (Å²) in [5.74, 6) is 1.12. The molecule has 0 radical (unpaired) electrons. The van der Waals surface area contributed by atoms with Crippen LogP contribution in [-0.2, 0) is 11.2 Å². The van der Waals surface area contributed by atoms with Crippen LogP contribution < -0.4 is 20.1 Å². The van der Waals surface area contributed by atoms with E-state index in [9.17, 15) is 4.79 Å². The molecule has 2 N–H and O–H groups in total. The van der Waals surface area contributed by atoms with E-state index in [0.717, 1.165) is 17.7 Å². The normalized spacial score (nSPS) is 12.6. The lowest BCUT2D eigenvalue weighted by atomic mass is 10.1. The van der Waals surface area contributed by atoms with Crippen molar-refractivity contribution in [2.45, 2.75) is 13.3 Å². The highest BCUT2D eigenvalue weighted by Gasteiger charge is 2.15. The summed E-state index contributed by atoms with van der Waals surface area (Å²) in [5, 5.41) is 6.44. The van der Waals surface area contributed by atoms with Gasteiger partial charge in [0.2, 0.25) is 5.91 Å². The number of carbonyl (C=O) groups excluding carboxylic acids is 1. The molecule has 0 atom stereocenters. The SMILES string of the molecule is CCc1ccccc1NC(=O)CNc1cc2c(cc1Cl)OCCO2. The van der Waals surface area contributed by atoms with Crippen molar-refractivity contribution in [3.63, 3.8) is 0 Å². The second-order valence-electron chi connectivity index (χ2n) is 5.39. The van der Waals surface area contributed by atoms with E-state index in [1.54, 1.807) is 12.1 Å². The van der Waals surface area contributed by atoms with Gasteiger partial charge < -0.3 is 20.1 Å². The van der Waals surface area contributed by atoms with Gasteiger partial charge >= 0.3 is 0 Å². The van der Waals surface area contributed by atoms with Gasteiger partial charge in [0.05, 0.1) is 17.3 Å². The maximum atomic E-state index is 12.2. The van der Waals surface area contributed by atoms with Crippen LogP contribution in [0.2, 0.25) is 5.02 Å². The fraction of sp³-hybridized carbons (Fsp3) is 0.278. The molecule has 0 spiro atoms. The summed E-state index contributed by atoms with van der Waals surface area (Å²) in [4.78, 5) is 12.2. The molecule has 0 saturated carbocycles. The van der Waals surface area contributed by atoms with Crippen LogP contribution in [0.4, 0.5) is 11.4 Å². The number of para-hydroxylation sites is 1. The number of halogens is 1. The summed E-state index contributed by atoms with van der Waals surface area (Å²) < 4.78 is 11.0. The van der Waals surface area contributed by atoms with Crippen LogP contribution in [0.3, 0.4) is 0 Å². The van der Waals surface area contributed by atoms with Crippen LogP contribution in [0.15, 0.2) is 36.4 Å². The van der Waals surface area contributed by atoms with Gasteiger partial charge in [-0.05, 0) is 18.1 Å². The molecule has 1 heterocycles. The van der Waals surface area contributed by atoms with Gasteiger partial charge in [0.25, 0.3) is 0 Å². The molecule has 1 amide bonds. The standard InChI is InChI=1S/C18H19ClN2O3/c1-2-12-5-3-4-6-14(12)21-18(22)11-20-15-10-17-16(9-13(15)19)23-7-8-24-17/h3-6,9-10,20H,2,7-8,11H2,1H3,(H,21,22). The highest BCUT2D eigenvalue weighted by atomic mass is 35.5. The van der Waals surface area contributed by atoms with Crippen molar-refractivity contribution in [2.75, 3.05) is 30.4 Å². The average molecular weight is 347 g/mol. The zero-order valence-electron chi connectivity index (χ0n) is 13.4. The van der Waals surface area contributed by atoms with Crippen molar-refractivity contribution in [3.05, 3.63) is 47.0 Å². The molecule has 2 aromatic carbocycles. The number of nitrogens with one attached hydrogen (secondary N) is 2. The number of carbonyl (C=O) groups is 1. The molecule has 3 rings (SSSR count). The third kappa shape index (κ3) is 3.74. The fourth-order valence-corrected chi connectivity index (χ4v) is 2.74. The van der Waals surface area contributed by atoms with Gasteiger partial charge in [0, 0.05) is 17.8 Å². The Balaban J connectivity index is 1.64. The summed E-state index contributed by atoms with van der Waals surface area (Å²) >= 11 is 6.22. The van der Waals surface area contributed by atoms with Gasteiger partial charge in [-0.2, -0.15) is 0 Å². The number of anilines is 2. The second kappa shape index (κ2) is 7.45. The first-order chi connectivity index (χ1) is 11.7. The Morgan fingerprint density at radius 2 is 1.83 bits per heavy atom. The molecule has 126 valence electrons. The van der Waals surface area contributed by atoms with Gasteiger partial charge in [-0.1, -0.05) is 36.7 Å². The molecule has 1 aliphatic heterocycles. The Labute approximate surface area is 145 Å². The Bertz CT molecular complexity index is 749. The lowest BCUT2D eigenvalue weighted by Crippen LogP contribution is -2.22. The van der Waals surface area contributed by atoms with Crippen LogP contribution in [0.5, 0.6) is 11.5 Å². The van der Waals surface area contributed by atoms with Crippen molar-refractivity contribution in [1.82, 2.24) is 0 Å². The molecule has 0 fully saturated rings. The summed E-state index contributed by atoms with van der Waals surface area (Å²) in [6, 6.07) is 11.2. The predicted octanol–water partition coefficient (Wildman–Crippen LogP) is 3.72. The van der Waals surface area contributed by atoms with Crippen LogP contribution in [0, 0.1) is 0 Å². The largest absolute Gasteiger partial charge is 0.486 e. The molecular weight excluding hydrogens is 328 g/mol. The first-order valence-electron chi connectivity index (χ1n) is 7.88. The maximum Gasteiger partial charge on any atom is 0.243 e. The highest BCUT2D eigenvalue weighted by molar-refractivity contribution is 6.33. The molecule has 1 aliphatic rings. The van der Waals surface area contributed by atoms with E-state index < -0.39 is 0 Å². The van der Waals surface area contributed by atoms with E-state index in [0.29, 0.717) is 35.4 Å². The van der Waals surface area contributed by atoms with Gasteiger partial charge in [-0.25, -0.2) is 0 Å². The van der Waals surface area contributed by atoms with Crippen molar-refractivity contribution < 1.29 is 14.3 Å².